The van der Waals surface area contributed by atoms with Crippen LogP contribution in [0, 0.1) is 23.2 Å². The molecule has 1 N–H and O–H groups in total. The van der Waals surface area contributed by atoms with Gasteiger partial charge in [-0.1, -0.05) is 34.6 Å². The van der Waals surface area contributed by atoms with Gasteiger partial charge < -0.3 is 5.11 Å². The van der Waals surface area contributed by atoms with Gasteiger partial charge in [0.2, 0.25) is 0 Å². The maximum atomic E-state index is 10.0. The summed E-state index contributed by atoms with van der Waals surface area (Å²) in [5, 5.41) is 10.0. The highest BCUT2D eigenvalue weighted by atomic mass is 16.3. The molecular formula is C12H24O. The molecule has 0 amide bonds. The van der Waals surface area contributed by atoms with E-state index in [1.165, 1.54) is 12.8 Å². The Hall–Kier alpha value is -0.0400. The zero-order chi connectivity index (χ0) is 10.2. The molecule has 0 aromatic rings. The molecule has 1 aliphatic carbocycles. The Kier molecular flexibility index (Phi) is 3.06. The fraction of sp³-hybridized carbons (Fsp3) is 1.00. The van der Waals surface area contributed by atoms with Crippen LogP contribution < -0.4 is 0 Å². The van der Waals surface area contributed by atoms with E-state index in [0.717, 1.165) is 11.8 Å². The molecule has 1 rings (SSSR count). The summed E-state index contributed by atoms with van der Waals surface area (Å²) < 4.78 is 0. The predicted molar refractivity (Wildman–Crippen MR) is 56.5 cm³/mol. The first-order valence-corrected chi connectivity index (χ1v) is 5.52. The first-order chi connectivity index (χ1) is 5.84. The Morgan fingerprint density at radius 1 is 1.31 bits per heavy atom. The van der Waals surface area contributed by atoms with Crippen molar-refractivity contribution in [1.29, 1.82) is 0 Å². The van der Waals surface area contributed by atoms with Crippen molar-refractivity contribution in [3.63, 3.8) is 0 Å². The van der Waals surface area contributed by atoms with Crippen LogP contribution in [0.15, 0.2) is 0 Å². The highest BCUT2D eigenvalue weighted by Crippen LogP contribution is 2.44. The zero-order valence-electron chi connectivity index (χ0n) is 9.67. The van der Waals surface area contributed by atoms with Crippen molar-refractivity contribution in [3.05, 3.63) is 0 Å². The average molecular weight is 184 g/mol. The summed E-state index contributed by atoms with van der Waals surface area (Å²) in [5.41, 5.74) is 0.118. The van der Waals surface area contributed by atoms with E-state index in [0.29, 0.717) is 5.92 Å². The summed E-state index contributed by atoms with van der Waals surface area (Å²) in [6.45, 7) is 11.2. The van der Waals surface area contributed by atoms with Crippen molar-refractivity contribution in [2.45, 2.75) is 53.6 Å². The van der Waals surface area contributed by atoms with Crippen LogP contribution >= 0.6 is 0 Å². The van der Waals surface area contributed by atoms with Crippen LogP contribution in [0.5, 0.6) is 0 Å². The van der Waals surface area contributed by atoms with Crippen LogP contribution in [-0.4, -0.2) is 11.2 Å². The molecule has 3 unspecified atom stereocenters. The van der Waals surface area contributed by atoms with Gasteiger partial charge in [-0.25, -0.2) is 0 Å². The van der Waals surface area contributed by atoms with Crippen LogP contribution in [-0.2, 0) is 0 Å². The summed E-state index contributed by atoms with van der Waals surface area (Å²) in [5.74, 6) is 2.03. The molecule has 0 aliphatic heterocycles. The molecule has 0 heterocycles. The second-order valence-electron chi connectivity index (χ2n) is 5.85. The molecule has 1 heteroatoms. The third-order valence-electron chi connectivity index (χ3n) is 3.75. The van der Waals surface area contributed by atoms with E-state index in [2.05, 4.69) is 34.6 Å². The van der Waals surface area contributed by atoms with Crippen molar-refractivity contribution in [1.82, 2.24) is 0 Å². The molecular weight excluding hydrogens is 160 g/mol. The quantitative estimate of drug-likeness (QED) is 0.664. The minimum atomic E-state index is -0.109. The third-order valence-corrected chi connectivity index (χ3v) is 3.75. The third kappa shape index (κ3) is 2.25. The van der Waals surface area contributed by atoms with Crippen LogP contribution in [0.4, 0.5) is 0 Å². The Balaban J connectivity index is 2.70. The van der Waals surface area contributed by atoms with Gasteiger partial charge in [0.05, 0.1) is 6.10 Å². The molecule has 0 saturated heterocycles. The molecule has 0 bridgehead atoms. The number of aliphatic hydroxyl groups excluding tert-OH is 1. The molecule has 0 aromatic carbocycles. The average Bonchev–Trinajstić information content (AvgIpc) is 1.99. The Morgan fingerprint density at radius 3 is 2.23 bits per heavy atom. The number of aliphatic hydroxyl groups is 1. The smallest absolute Gasteiger partial charge is 0.0616 e. The SMILES string of the molecule is CC(C)C1CC(C)C(O)C(C)(C)C1. The molecule has 1 aliphatic rings. The molecule has 0 radical (unpaired) electrons. The first-order valence-electron chi connectivity index (χ1n) is 5.52. The van der Waals surface area contributed by atoms with Gasteiger partial charge in [-0.05, 0) is 36.0 Å². The minimum absolute atomic E-state index is 0.109. The molecule has 13 heavy (non-hydrogen) atoms. The second kappa shape index (κ2) is 3.61. The number of hydrogen-bond donors (Lipinski definition) is 1. The van der Waals surface area contributed by atoms with Gasteiger partial charge in [0.15, 0.2) is 0 Å². The topological polar surface area (TPSA) is 20.2 Å². The van der Waals surface area contributed by atoms with Crippen molar-refractivity contribution in [2.24, 2.45) is 23.2 Å². The molecule has 1 saturated carbocycles. The van der Waals surface area contributed by atoms with Gasteiger partial charge in [0.1, 0.15) is 0 Å². The van der Waals surface area contributed by atoms with Gasteiger partial charge in [-0.3, -0.25) is 0 Å². The fourth-order valence-corrected chi connectivity index (χ4v) is 2.76. The van der Waals surface area contributed by atoms with Crippen molar-refractivity contribution in [3.8, 4) is 0 Å². The Labute approximate surface area is 82.5 Å². The fourth-order valence-electron chi connectivity index (χ4n) is 2.76. The minimum Gasteiger partial charge on any atom is -0.392 e. The molecule has 0 aromatic heterocycles. The predicted octanol–water partition coefficient (Wildman–Crippen LogP) is 3.08. The molecule has 3 atom stereocenters. The lowest BCUT2D eigenvalue weighted by Gasteiger charge is -2.45. The van der Waals surface area contributed by atoms with Gasteiger partial charge in [0, 0.05) is 0 Å². The number of rotatable bonds is 1. The molecule has 78 valence electrons. The maximum Gasteiger partial charge on any atom is 0.0616 e. The lowest BCUT2D eigenvalue weighted by Crippen LogP contribution is -2.43. The van der Waals surface area contributed by atoms with E-state index >= 15 is 0 Å². The van der Waals surface area contributed by atoms with Gasteiger partial charge >= 0.3 is 0 Å². The van der Waals surface area contributed by atoms with Crippen LogP contribution in [0.3, 0.4) is 0 Å². The molecule has 1 fully saturated rings. The van der Waals surface area contributed by atoms with E-state index in [1.54, 1.807) is 0 Å². The van der Waals surface area contributed by atoms with Crippen molar-refractivity contribution >= 4 is 0 Å². The second-order valence-corrected chi connectivity index (χ2v) is 5.85. The van der Waals surface area contributed by atoms with Crippen LogP contribution in [0.25, 0.3) is 0 Å². The van der Waals surface area contributed by atoms with E-state index in [-0.39, 0.29) is 11.5 Å². The summed E-state index contributed by atoms with van der Waals surface area (Å²) in [7, 11) is 0. The van der Waals surface area contributed by atoms with Gasteiger partial charge in [0.25, 0.3) is 0 Å². The summed E-state index contributed by atoms with van der Waals surface area (Å²) in [4.78, 5) is 0. The van der Waals surface area contributed by atoms with E-state index < -0.39 is 0 Å². The molecule has 1 nitrogen and oxygen atoms in total. The Bertz CT molecular complexity index is 172. The lowest BCUT2D eigenvalue weighted by molar-refractivity contribution is -0.0541. The Morgan fingerprint density at radius 2 is 1.85 bits per heavy atom. The van der Waals surface area contributed by atoms with Crippen LogP contribution in [0.2, 0.25) is 0 Å². The first kappa shape index (κ1) is 11.0. The highest BCUT2D eigenvalue weighted by Gasteiger charge is 2.40. The lowest BCUT2D eigenvalue weighted by atomic mass is 9.63. The summed E-state index contributed by atoms with van der Waals surface area (Å²) in [6.07, 6.45) is 2.26. The van der Waals surface area contributed by atoms with Gasteiger partial charge in [-0.15, -0.1) is 0 Å². The normalized spacial score (nSPS) is 39.5. The summed E-state index contributed by atoms with van der Waals surface area (Å²) >= 11 is 0. The van der Waals surface area contributed by atoms with Gasteiger partial charge in [-0.2, -0.15) is 0 Å². The van der Waals surface area contributed by atoms with Crippen LogP contribution in [0.1, 0.15) is 47.5 Å². The monoisotopic (exact) mass is 184 g/mol. The van der Waals surface area contributed by atoms with E-state index in [4.69, 9.17) is 0 Å². The number of hydrogen-bond acceptors (Lipinski definition) is 1. The maximum absolute atomic E-state index is 10.0. The van der Waals surface area contributed by atoms with Crippen molar-refractivity contribution < 1.29 is 5.11 Å². The highest BCUT2D eigenvalue weighted by molar-refractivity contribution is 4.90. The summed E-state index contributed by atoms with van der Waals surface area (Å²) in [6, 6.07) is 0. The van der Waals surface area contributed by atoms with E-state index in [1.807, 2.05) is 0 Å². The van der Waals surface area contributed by atoms with E-state index in [9.17, 15) is 5.11 Å². The zero-order valence-corrected chi connectivity index (χ0v) is 9.67. The standard InChI is InChI=1S/C12H24O/c1-8(2)10-6-9(3)11(13)12(4,5)7-10/h8-11,13H,6-7H2,1-5H3. The molecule has 0 spiro atoms. The van der Waals surface area contributed by atoms with Crippen molar-refractivity contribution in [2.75, 3.05) is 0 Å². The largest absolute Gasteiger partial charge is 0.392 e.